The Morgan fingerprint density at radius 3 is 3.08 bits per heavy atom. The monoisotopic (exact) mass is 198 g/mol. The van der Waals surface area contributed by atoms with Gasteiger partial charge in [0.15, 0.2) is 0 Å². The number of nitrogens with zero attached hydrogens (tertiary/aromatic N) is 1. The van der Waals surface area contributed by atoms with Crippen molar-refractivity contribution < 1.29 is 4.79 Å². The molecule has 1 atom stereocenters. The van der Waals surface area contributed by atoms with Gasteiger partial charge in [-0.1, -0.05) is 6.92 Å². The highest BCUT2D eigenvalue weighted by Crippen LogP contribution is 2.09. The second kappa shape index (κ2) is 5.09. The highest BCUT2D eigenvalue weighted by atomic mass is 32.1. The number of hydrogen-bond acceptors (Lipinski definition) is 4. The molecule has 0 saturated carbocycles. The Morgan fingerprint density at radius 2 is 2.54 bits per heavy atom. The SMILES string of the molecule is CNCC(C)C(=O)Cc1cncs1. The van der Waals surface area contributed by atoms with E-state index in [1.807, 2.05) is 14.0 Å². The van der Waals surface area contributed by atoms with Crippen molar-refractivity contribution >= 4 is 17.1 Å². The van der Waals surface area contributed by atoms with Gasteiger partial charge in [0.25, 0.3) is 0 Å². The van der Waals surface area contributed by atoms with Gasteiger partial charge in [-0.2, -0.15) is 0 Å². The molecule has 0 aliphatic heterocycles. The highest BCUT2D eigenvalue weighted by Gasteiger charge is 2.12. The molecule has 1 heterocycles. The number of Topliss-reactive ketones (excluding diaryl/α,β-unsaturated/α-hetero) is 1. The van der Waals surface area contributed by atoms with E-state index < -0.39 is 0 Å². The quantitative estimate of drug-likeness (QED) is 0.770. The van der Waals surface area contributed by atoms with Crippen LogP contribution in [-0.4, -0.2) is 24.4 Å². The molecular formula is C9H14N2OS. The smallest absolute Gasteiger partial charge is 0.142 e. The van der Waals surface area contributed by atoms with Crippen LogP contribution in [0.2, 0.25) is 0 Å². The first-order valence-electron chi connectivity index (χ1n) is 4.28. The fourth-order valence-electron chi connectivity index (χ4n) is 1.10. The minimum Gasteiger partial charge on any atom is -0.319 e. The van der Waals surface area contributed by atoms with Crippen molar-refractivity contribution in [1.82, 2.24) is 10.3 Å². The maximum absolute atomic E-state index is 11.5. The number of aromatic nitrogens is 1. The van der Waals surface area contributed by atoms with Crippen molar-refractivity contribution in [3.63, 3.8) is 0 Å². The second-order valence-corrected chi connectivity index (χ2v) is 4.04. The Morgan fingerprint density at radius 1 is 1.77 bits per heavy atom. The van der Waals surface area contributed by atoms with E-state index in [1.54, 1.807) is 11.7 Å². The summed E-state index contributed by atoms with van der Waals surface area (Å²) in [4.78, 5) is 16.5. The average molecular weight is 198 g/mol. The summed E-state index contributed by atoms with van der Waals surface area (Å²) in [6.45, 7) is 2.69. The van der Waals surface area contributed by atoms with E-state index in [9.17, 15) is 4.79 Å². The lowest BCUT2D eigenvalue weighted by molar-refractivity contribution is -0.121. The van der Waals surface area contributed by atoms with Crippen LogP contribution in [0.4, 0.5) is 0 Å². The van der Waals surface area contributed by atoms with Crippen LogP contribution in [0.1, 0.15) is 11.8 Å². The molecule has 1 aromatic heterocycles. The third-order valence-electron chi connectivity index (χ3n) is 1.89. The number of carbonyl (C=O) groups is 1. The number of ketones is 1. The van der Waals surface area contributed by atoms with Gasteiger partial charge in [0.2, 0.25) is 0 Å². The van der Waals surface area contributed by atoms with Gasteiger partial charge in [0.1, 0.15) is 5.78 Å². The second-order valence-electron chi connectivity index (χ2n) is 3.07. The zero-order chi connectivity index (χ0) is 9.68. The van der Waals surface area contributed by atoms with Crippen LogP contribution in [0.15, 0.2) is 11.7 Å². The molecule has 13 heavy (non-hydrogen) atoms. The molecule has 1 aromatic rings. The zero-order valence-electron chi connectivity index (χ0n) is 7.91. The normalized spacial score (nSPS) is 12.8. The van der Waals surface area contributed by atoms with Gasteiger partial charge < -0.3 is 5.32 Å². The summed E-state index contributed by atoms with van der Waals surface area (Å²) >= 11 is 1.53. The predicted molar refractivity (Wildman–Crippen MR) is 53.9 cm³/mol. The van der Waals surface area contributed by atoms with Gasteiger partial charge >= 0.3 is 0 Å². The molecule has 0 saturated heterocycles. The molecule has 0 aromatic carbocycles. The zero-order valence-corrected chi connectivity index (χ0v) is 8.73. The third kappa shape index (κ3) is 3.24. The first-order valence-corrected chi connectivity index (χ1v) is 5.16. The van der Waals surface area contributed by atoms with Crippen molar-refractivity contribution in [1.29, 1.82) is 0 Å². The first-order chi connectivity index (χ1) is 6.24. The van der Waals surface area contributed by atoms with E-state index in [4.69, 9.17) is 0 Å². The molecule has 4 heteroatoms. The molecule has 1 N–H and O–H groups in total. The lowest BCUT2D eigenvalue weighted by Gasteiger charge is -2.07. The van der Waals surface area contributed by atoms with Gasteiger partial charge in [0.05, 0.1) is 5.51 Å². The van der Waals surface area contributed by atoms with Crippen LogP contribution < -0.4 is 5.32 Å². The summed E-state index contributed by atoms with van der Waals surface area (Å²) in [7, 11) is 1.86. The number of nitrogens with one attached hydrogen (secondary N) is 1. The van der Waals surface area contributed by atoms with Gasteiger partial charge in [-0.3, -0.25) is 9.78 Å². The molecule has 0 aliphatic rings. The number of thiazole rings is 1. The molecule has 0 spiro atoms. The molecule has 0 fully saturated rings. The Kier molecular flexibility index (Phi) is 4.05. The van der Waals surface area contributed by atoms with Crippen LogP contribution in [0, 0.1) is 5.92 Å². The number of rotatable bonds is 5. The van der Waals surface area contributed by atoms with Crippen molar-refractivity contribution in [2.45, 2.75) is 13.3 Å². The van der Waals surface area contributed by atoms with Crippen LogP contribution in [0.5, 0.6) is 0 Å². The lowest BCUT2D eigenvalue weighted by atomic mass is 10.0. The first kappa shape index (κ1) is 10.3. The molecule has 72 valence electrons. The summed E-state index contributed by atoms with van der Waals surface area (Å²) in [5.74, 6) is 0.366. The van der Waals surface area contributed by atoms with E-state index >= 15 is 0 Å². The fourth-order valence-corrected chi connectivity index (χ4v) is 1.70. The molecule has 0 bridgehead atoms. The molecule has 1 unspecified atom stereocenters. The summed E-state index contributed by atoms with van der Waals surface area (Å²) in [5, 5.41) is 2.99. The molecule has 0 radical (unpaired) electrons. The molecule has 0 amide bonds. The van der Waals surface area contributed by atoms with E-state index in [1.165, 1.54) is 11.3 Å². The Bertz CT molecular complexity index is 259. The highest BCUT2D eigenvalue weighted by molar-refractivity contribution is 7.09. The van der Waals surface area contributed by atoms with Gasteiger partial charge in [-0.15, -0.1) is 11.3 Å². The van der Waals surface area contributed by atoms with Crippen LogP contribution >= 0.6 is 11.3 Å². The fraction of sp³-hybridized carbons (Fsp3) is 0.556. The minimum absolute atomic E-state index is 0.0899. The van der Waals surface area contributed by atoms with Crippen LogP contribution in [-0.2, 0) is 11.2 Å². The van der Waals surface area contributed by atoms with Gasteiger partial charge in [-0.25, -0.2) is 0 Å². The molecule has 3 nitrogen and oxygen atoms in total. The number of hydrogen-bond donors (Lipinski definition) is 1. The van der Waals surface area contributed by atoms with Gasteiger partial charge in [0, 0.05) is 30.0 Å². The topological polar surface area (TPSA) is 42.0 Å². The standard InChI is InChI=1S/C9H14N2OS/c1-7(4-10-2)9(12)3-8-5-11-6-13-8/h5-7,10H,3-4H2,1-2H3. The largest absolute Gasteiger partial charge is 0.319 e. The van der Waals surface area contributed by atoms with Crippen molar-refractivity contribution in [3.05, 3.63) is 16.6 Å². The molecule has 1 rings (SSSR count). The predicted octanol–water partition coefficient (Wildman–Crippen LogP) is 1.11. The van der Waals surface area contributed by atoms with E-state index in [2.05, 4.69) is 10.3 Å². The average Bonchev–Trinajstić information content (AvgIpc) is 2.57. The molecule has 0 aliphatic carbocycles. The van der Waals surface area contributed by atoms with Crippen LogP contribution in [0.3, 0.4) is 0 Å². The van der Waals surface area contributed by atoms with Crippen LogP contribution in [0.25, 0.3) is 0 Å². The maximum Gasteiger partial charge on any atom is 0.142 e. The van der Waals surface area contributed by atoms with Crippen molar-refractivity contribution in [3.8, 4) is 0 Å². The van der Waals surface area contributed by atoms with Crippen molar-refractivity contribution in [2.75, 3.05) is 13.6 Å². The summed E-state index contributed by atoms with van der Waals surface area (Å²) in [6.07, 6.45) is 2.28. The maximum atomic E-state index is 11.5. The van der Waals surface area contributed by atoms with E-state index in [-0.39, 0.29) is 11.7 Å². The Balaban J connectivity index is 2.41. The van der Waals surface area contributed by atoms with Gasteiger partial charge in [-0.05, 0) is 7.05 Å². The Labute approximate surface area is 82.2 Å². The van der Waals surface area contributed by atoms with Crippen molar-refractivity contribution in [2.24, 2.45) is 5.92 Å². The van der Waals surface area contributed by atoms with E-state index in [0.29, 0.717) is 6.42 Å². The molecular weight excluding hydrogens is 184 g/mol. The van der Waals surface area contributed by atoms with E-state index in [0.717, 1.165) is 11.4 Å². The third-order valence-corrected chi connectivity index (χ3v) is 2.67. The summed E-state index contributed by atoms with van der Waals surface area (Å²) in [6, 6.07) is 0. The lowest BCUT2D eigenvalue weighted by Crippen LogP contribution is -2.24. The minimum atomic E-state index is 0.0899. The Hall–Kier alpha value is -0.740. The summed E-state index contributed by atoms with van der Waals surface area (Å²) in [5.41, 5.74) is 1.76. The summed E-state index contributed by atoms with van der Waals surface area (Å²) < 4.78 is 0. The number of carbonyl (C=O) groups excluding carboxylic acids is 1.